The molecule has 0 atom stereocenters. The Morgan fingerprint density at radius 3 is 2.82 bits per heavy atom. The molecule has 0 aliphatic carbocycles. The molecule has 1 aromatic heterocycles. The second kappa shape index (κ2) is 5.60. The van der Waals surface area contributed by atoms with Crippen LogP contribution in [0.15, 0.2) is 23.2 Å². The largest absolute Gasteiger partial charge is 0.373 e. The molecule has 0 saturated carbocycles. The fraction of sp³-hybridized carbons (Fsp3) is 0.333. The number of hydrogen-bond acceptors (Lipinski definition) is 5. The van der Waals surface area contributed by atoms with Gasteiger partial charge in [-0.1, -0.05) is 0 Å². The van der Waals surface area contributed by atoms with Crippen molar-refractivity contribution in [3.05, 3.63) is 18.3 Å². The second-order valence-corrected chi connectivity index (χ2v) is 5.01. The molecule has 0 aliphatic rings. The van der Waals surface area contributed by atoms with Crippen LogP contribution in [-0.4, -0.2) is 32.9 Å². The molecule has 17 heavy (non-hydrogen) atoms. The number of sulfonamides is 1. The van der Waals surface area contributed by atoms with Gasteiger partial charge in [0.25, 0.3) is 0 Å². The number of nitrogens with zero attached hydrogens (tertiary/aromatic N) is 1. The number of amides is 1. The molecule has 4 N–H and O–H groups in total. The Bertz CT molecular complexity index is 501. The van der Waals surface area contributed by atoms with E-state index in [2.05, 4.69) is 15.0 Å². The Hall–Kier alpha value is -1.67. The lowest BCUT2D eigenvalue weighted by molar-refractivity contribution is -0.117. The Balaban J connectivity index is 2.78. The Morgan fingerprint density at radius 1 is 1.53 bits per heavy atom. The summed E-state index contributed by atoms with van der Waals surface area (Å²) >= 11 is 0. The molecule has 0 aliphatic heterocycles. The number of nitrogens with two attached hydrogens (primary N) is 1. The van der Waals surface area contributed by atoms with Crippen LogP contribution in [0, 0.1) is 0 Å². The maximum Gasteiger partial charge on any atom is 0.240 e. The van der Waals surface area contributed by atoms with Crippen molar-refractivity contribution in [3.63, 3.8) is 0 Å². The predicted molar refractivity (Wildman–Crippen MR) is 62.8 cm³/mol. The molecule has 0 radical (unpaired) electrons. The molecule has 1 amide bonds. The number of carbonyl (C=O) groups excluding carboxylic acids is 1. The number of aromatic nitrogens is 1. The topological polar surface area (TPSA) is 114 Å². The number of pyridine rings is 1. The third-order valence-electron chi connectivity index (χ3n) is 1.96. The van der Waals surface area contributed by atoms with E-state index in [4.69, 9.17) is 5.73 Å². The molecule has 1 heterocycles. The molecule has 0 aromatic carbocycles. The highest BCUT2D eigenvalue weighted by atomic mass is 32.2. The van der Waals surface area contributed by atoms with E-state index in [9.17, 15) is 13.2 Å². The van der Waals surface area contributed by atoms with Crippen LogP contribution in [0.4, 0.5) is 5.82 Å². The number of hydrogen-bond donors (Lipinski definition) is 3. The molecule has 0 saturated heterocycles. The Morgan fingerprint density at radius 2 is 2.24 bits per heavy atom. The minimum Gasteiger partial charge on any atom is -0.373 e. The number of primary amides is 1. The lowest BCUT2D eigenvalue weighted by atomic mass is 10.4. The smallest absolute Gasteiger partial charge is 0.240 e. The molecule has 94 valence electrons. The van der Waals surface area contributed by atoms with Crippen LogP contribution in [0.1, 0.15) is 6.42 Å². The highest BCUT2D eigenvalue weighted by Crippen LogP contribution is 2.11. The number of carbonyl (C=O) groups is 1. The van der Waals surface area contributed by atoms with E-state index in [1.165, 1.54) is 18.3 Å². The minimum absolute atomic E-state index is 0.0190. The third kappa shape index (κ3) is 4.00. The standard InChI is InChI=1S/C9H14N4O3S/c1-11-9-6-7(2-4-12-9)17(15,16)13-5-3-8(10)14/h2,4,6,13H,3,5H2,1H3,(H2,10,14)(H,11,12). The van der Waals surface area contributed by atoms with Crippen LogP contribution >= 0.6 is 0 Å². The summed E-state index contributed by atoms with van der Waals surface area (Å²) in [5.74, 6) is -0.110. The highest BCUT2D eigenvalue weighted by Gasteiger charge is 2.14. The summed E-state index contributed by atoms with van der Waals surface area (Å²) in [5.41, 5.74) is 4.91. The Labute approximate surface area is 99.5 Å². The van der Waals surface area contributed by atoms with Crippen molar-refractivity contribution in [2.75, 3.05) is 18.9 Å². The van der Waals surface area contributed by atoms with Crippen molar-refractivity contribution in [2.45, 2.75) is 11.3 Å². The molecule has 7 nitrogen and oxygen atoms in total. The van der Waals surface area contributed by atoms with Gasteiger partial charge in [0.05, 0.1) is 4.90 Å². The summed E-state index contributed by atoms with van der Waals surface area (Å²) in [4.78, 5) is 14.5. The van der Waals surface area contributed by atoms with E-state index >= 15 is 0 Å². The monoisotopic (exact) mass is 258 g/mol. The first-order valence-corrected chi connectivity index (χ1v) is 6.36. The van der Waals surface area contributed by atoms with Gasteiger partial charge in [0.15, 0.2) is 0 Å². The van der Waals surface area contributed by atoms with Gasteiger partial charge in [0.2, 0.25) is 15.9 Å². The quantitative estimate of drug-likeness (QED) is 0.623. The van der Waals surface area contributed by atoms with E-state index < -0.39 is 15.9 Å². The minimum atomic E-state index is -3.63. The van der Waals surface area contributed by atoms with Crippen LogP contribution < -0.4 is 15.8 Å². The molecular formula is C9H14N4O3S. The lowest BCUT2D eigenvalue weighted by Crippen LogP contribution is -2.28. The molecule has 0 bridgehead atoms. The zero-order valence-corrected chi connectivity index (χ0v) is 10.1. The van der Waals surface area contributed by atoms with Gasteiger partial charge in [-0.2, -0.15) is 0 Å². The molecular weight excluding hydrogens is 244 g/mol. The van der Waals surface area contributed by atoms with Crippen molar-refractivity contribution in [1.29, 1.82) is 0 Å². The second-order valence-electron chi connectivity index (χ2n) is 3.24. The van der Waals surface area contributed by atoms with Crippen LogP contribution in [0.25, 0.3) is 0 Å². The third-order valence-corrected chi connectivity index (χ3v) is 3.42. The zero-order chi connectivity index (χ0) is 12.9. The first kappa shape index (κ1) is 13.4. The van der Waals surface area contributed by atoms with Crippen molar-refractivity contribution >= 4 is 21.7 Å². The summed E-state index contributed by atoms with van der Waals surface area (Å²) in [6.45, 7) is -0.0190. The average molecular weight is 258 g/mol. The highest BCUT2D eigenvalue weighted by molar-refractivity contribution is 7.89. The lowest BCUT2D eigenvalue weighted by Gasteiger charge is -2.06. The van der Waals surface area contributed by atoms with Crippen molar-refractivity contribution in [3.8, 4) is 0 Å². The van der Waals surface area contributed by atoms with Crippen LogP contribution in [0.5, 0.6) is 0 Å². The summed E-state index contributed by atoms with van der Waals surface area (Å²) < 4.78 is 25.8. The summed E-state index contributed by atoms with van der Waals surface area (Å²) in [6.07, 6.45) is 1.34. The van der Waals surface area contributed by atoms with Gasteiger partial charge in [0.1, 0.15) is 5.82 Å². The van der Waals surface area contributed by atoms with Crippen LogP contribution in [0.2, 0.25) is 0 Å². The SMILES string of the molecule is CNc1cc(S(=O)(=O)NCCC(N)=O)ccn1. The zero-order valence-electron chi connectivity index (χ0n) is 9.30. The molecule has 1 rings (SSSR count). The molecule has 0 fully saturated rings. The first-order valence-electron chi connectivity index (χ1n) is 4.87. The van der Waals surface area contributed by atoms with Gasteiger partial charge in [-0.25, -0.2) is 18.1 Å². The van der Waals surface area contributed by atoms with Gasteiger partial charge in [-0.15, -0.1) is 0 Å². The average Bonchev–Trinajstić information content (AvgIpc) is 2.28. The molecule has 8 heteroatoms. The fourth-order valence-corrected chi connectivity index (χ4v) is 2.15. The normalized spacial score (nSPS) is 11.1. The van der Waals surface area contributed by atoms with Crippen LogP contribution in [-0.2, 0) is 14.8 Å². The van der Waals surface area contributed by atoms with Crippen LogP contribution in [0.3, 0.4) is 0 Å². The van der Waals surface area contributed by atoms with Gasteiger partial charge in [0, 0.05) is 32.3 Å². The van der Waals surface area contributed by atoms with E-state index in [-0.39, 0.29) is 17.9 Å². The first-order chi connectivity index (χ1) is 7.95. The van der Waals surface area contributed by atoms with Crippen molar-refractivity contribution < 1.29 is 13.2 Å². The van der Waals surface area contributed by atoms with Gasteiger partial charge in [-0.05, 0) is 6.07 Å². The maximum absolute atomic E-state index is 11.8. The van der Waals surface area contributed by atoms with E-state index in [1.54, 1.807) is 7.05 Å². The molecule has 0 spiro atoms. The summed E-state index contributed by atoms with van der Waals surface area (Å²) in [5, 5.41) is 2.74. The number of nitrogens with one attached hydrogen (secondary N) is 2. The van der Waals surface area contributed by atoms with Crippen molar-refractivity contribution in [1.82, 2.24) is 9.71 Å². The fourth-order valence-electron chi connectivity index (χ4n) is 1.11. The van der Waals surface area contributed by atoms with Gasteiger partial charge < -0.3 is 11.1 Å². The Kier molecular flexibility index (Phi) is 4.41. The maximum atomic E-state index is 11.8. The molecule has 1 aromatic rings. The number of rotatable bonds is 6. The van der Waals surface area contributed by atoms with Crippen molar-refractivity contribution in [2.24, 2.45) is 5.73 Å². The van der Waals surface area contributed by atoms with Gasteiger partial charge in [-0.3, -0.25) is 4.79 Å². The summed E-state index contributed by atoms with van der Waals surface area (Å²) in [6, 6.07) is 2.76. The van der Waals surface area contributed by atoms with E-state index in [0.717, 1.165) is 0 Å². The van der Waals surface area contributed by atoms with E-state index in [0.29, 0.717) is 5.82 Å². The van der Waals surface area contributed by atoms with Gasteiger partial charge >= 0.3 is 0 Å². The molecule has 0 unspecified atom stereocenters. The summed E-state index contributed by atoms with van der Waals surface area (Å²) in [7, 11) is -1.99. The van der Waals surface area contributed by atoms with E-state index in [1.807, 2.05) is 0 Å². The number of anilines is 1. The predicted octanol–water partition coefficient (Wildman–Crippen LogP) is -0.723.